The molecule has 0 atom stereocenters. The van der Waals surface area contributed by atoms with E-state index in [9.17, 15) is 12.8 Å². The summed E-state index contributed by atoms with van der Waals surface area (Å²) in [5.74, 6) is -0.524. The molecule has 2 rings (SSSR count). The van der Waals surface area contributed by atoms with Crippen LogP contribution in [0.2, 0.25) is 0 Å². The molecule has 0 unspecified atom stereocenters. The molecular weight excluding hydrogens is 281 g/mol. The zero-order valence-electron chi connectivity index (χ0n) is 10.8. The molecule has 0 aliphatic rings. The van der Waals surface area contributed by atoms with E-state index in [-0.39, 0.29) is 17.0 Å². The molecule has 1 aromatic carbocycles. The molecule has 0 radical (unpaired) electrons. The third-order valence-electron chi connectivity index (χ3n) is 2.80. The Balaban J connectivity index is 2.38. The minimum Gasteiger partial charge on any atom is -0.326 e. The average Bonchev–Trinajstić information content (AvgIpc) is 2.41. The monoisotopic (exact) mass is 295 g/mol. The van der Waals surface area contributed by atoms with Gasteiger partial charge in [-0.1, -0.05) is 0 Å². The van der Waals surface area contributed by atoms with E-state index in [0.717, 1.165) is 6.07 Å². The summed E-state index contributed by atoms with van der Waals surface area (Å²) in [6, 6.07) is 6.74. The van der Waals surface area contributed by atoms with Gasteiger partial charge in [-0.3, -0.25) is 9.71 Å². The molecule has 1 aromatic heterocycles. The molecule has 0 fully saturated rings. The van der Waals surface area contributed by atoms with Crippen LogP contribution in [0.25, 0.3) is 0 Å². The van der Waals surface area contributed by atoms with Gasteiger partial charge < -0.3 is 5.73 Å². The van der Waals surface area contributed by atoms with Crippen molar-refractivity contribution in [1.82, 2.24) is 4.98 Å². The molecule has 0 saturated heterocycles. The molecule has 0 spiro atoms. The molecule has 0 bridgehead atoms. The summed E-state index contributed by atoms with van der Waals surface area (Å²) in [7, 11) is -3.80. The molecule has 0 aliphatic carbocycles. The average molecular weight is 295 g/mol. The highest BCUT2D eigenvalue weighted by Crippen LogP contribution is 2.20. The van der Waals surface area contributed by atoms with Gasteiger partial charge in [-0.25, -0.2) is 12.8 Å². The van der Waals surface area contributed by atoms with E-state index in [1.54, 1.807) is 25.3 Å². The summed E-state index contributed by atoms with van der Waals surface area (Å²) in [6.45, 7) is 1.62. The van der Waals surface area contributed by atoms with Gasteiger partial charge in [0.15, 0.2) is 0 Å². The van der Waals surface area contributed by atoms with Crippen LogP contribution in [0.4, 0.5) is 10.1 Å². The lowest BCUT2D eigenvalue weighted by atomic mass is 10.2. The SMILES string of the molecule is Cc1ncccc1NS(=O)(=O)c1ccc(F)c(CN)c1. The van der Waals surface area contributed by atoms with E-state index >= 15 is 0 Å². The van der Waals surface area contributed by atoms with Gasteiger partial charge in [-0.2, -0.15) is 0 Å². The molecule has 3 N–H and O–H groups in total. The lowest BCUT2D eigenvalue weighted by molar-refractivity contribution is 0.596. The van der Waals surface area contributed by atoms with Crippen molar-refractivity contribution in [2.75, 3.05) is 4.72 Å². The number of sulfonamides is 1. The van der Waals surface area contributed by atoms with Crippen LogP contribution in [0, 0.1) is 12.7 Å². The van der Waals surface area contributed by atoms with E-state index in [4.69, 9.17) is 5.73 Å². The maximum atomic E-state index is 13.3. The predicted octanol–water partition coefficient (Wildman–Crippen LogP) is 1.79. The highest BCUT2D eigenvalue weighted by atomic mass is 32.2. The minimum atomic E-state index is -3.80. The Morgan fingerprint density at radius 2 is 2.10 bits per heavy atom. The fourth-order valence-corrected chi connectivity index (χ4v) is 2.84. The number of nitrogens with zero attached hydrogens (tertiary/aromatic N) is 1. The van der Waals surface area contributed by atoms with E-state index < -0.39 is 15.8 Å². The van der Waals surface area contributed by atoms with Gasteiger partial charge in [0.25, 0.3) is 10.0 Å². The molecule has 106 valence electrons. The fraction of sp³-hybridized carbons (Fsp3) is 0.154. The number of rotatable bonds is 4. The zero-order valence-corrected chi connectivity index (χ0v) is 11.6. The number of anilines is 1. The molecule has 2 aromatic rings. The van der Waals surface area contributed by atoms with E-state index in [1.807, 2.05) is 0 Å². The first-order valence-electron chi connectivity index (χ1n) is 5.87. The van der Waals surface area contributed by atoms with Crippen molar-refractivity contribution in [3.63, 3.8) is 0 Å². The van der Waals surface area contributed by atoms with Crippen LogP contribution in [0.3, 0.4) is 0 Å². The zero-order chi connectivity index (χ0) is 14.8. The summed E-state index contributed by atoms with van der Waals surface area (Å²) in [5, 5.41) is 0. The van der Waals surface area contributed by atoms with Crippen molar-refractivity contribution < 1.29 is 12.8 Å². The summed E-state index contributed by atoms with van der Waals surface area (Å²) < 4.78 is 40.2. The fourth-order valence-electron chi connectivity index (χ4n) is 1.67. The summed E-state index contributed by atoms with van der Waals surface area (Å²) in [6.07, 6.45) is 1.57. The Labute approximate surface area is 116 Å². The van der Waals surface area contributed by atoms with Crippen LogP contribution >= 0.6 is 0 Å². The highest BCUT2D eigenvalue weighted by molar-refractivity contribution is 7.92. The van der Waals surface area contributed by atoms with Crippen LogP contribution in [0.15, 0.2) is 41.4 Å². The van der Waals surface area contributed by atoms with Gasteiger partial charge >= 0.3 is 0 Å². The number of hydrogen-bond donors (Lipinski definition) is 2. The Morgan fingerprint density at radius 1 is 1.35 bits per heavy atom. The smallest absolute Gasteiger partial charge is 0.261 e. The molecule has 5 nitrogen and oxygen atoms in total. The summed E-state index contributed by atoms with van der Waals surface area (Å²) in [5.41, 5.74) is 6.46. The van der Waals surface area contributed by atoms with Crippen LogP contribution in [-0.2, 0) is 16.6 Å². The Morgan fingerprint density at radius 3 is 2.75 bits per heavy atom. The number of hydrogen-bond acceptors (Lipinski definition) is 4. The van der Waals surface area contributed by atoms with E-state index in [0.29, 0.717) is 11.4 Å². The van der Waals surface area contributed by atoms with Crippen LogP contribution in [0.1, 0.15) is 11.3 Å². The quantitative estimate of drug-likeness (QED) is 0.900. The van der Waals surface area contributed by atoms with E-state index in [2.05, 4.69) is 9.71 Å². The maximum absolute atomic E-state index is 13.3. The normalized spacial score (nSPS) is 11.3. The minimum absolute atomic E-state index is 0.0393. The molecule has 0 aliphatic heterocycles. The first-order valence-corrected chi connectivity index (χ1v) is 7.35. The topological polar surface area (TPSA) is 85.1 Å². The van der Waals surface area contributed by atoms with Gasteiger partial charge in [0, 0.05) is 18.3 Å². The molecule has 20 heavy (non-hydrogen) atoms. The standard InChI is InChI=1S/C13H14FN3O2S/c1-9-13(3-2-6-16-9)17-20(18,19)11-4-5-12(14)10(7-11)8-15/h2-7,17H,8,15H2,1H3. The van der Waals surface area contributed by atoms with Crippen molar-refractivity contribution in [3.05, 3.63) is 53.6 Å². The highest BCUT2D eigenvalue weighted by Gasteiger charge is 2.17. The maximum Gasteiger partial charge on any atom is 0.261 e. The number of nitrogens with two attached hydrogens (primary N) is 1. The first-order chi connectivity index (χ1) is 9.44. The van der Waals surface area contributed by atoms with Crippen molar-refractivity contribution in [1.29, 1.82) is 0 Å². The largest absolute Gasteiger partial charge is 0.326 e. The molecule has 1 heterocycles. The predicted molar refractivity (Wildman–Crippen MR) is 74.1 cm³/mol. The molecule has 7 heteroatoms. The number of benzene rings is 1. The third kappa shape index (κ3) is 2.94. The first kappa shape index (κ1) is 14.4. The number of pyridine rings is 1. The van der Waals surface area contributed by atoms with Gasteiger partial charge in [-0.15, -0.1) is 0 Å². The number of aryl methyl sites for hydroxylation is 1. The van der Waals surface area contributed by atoms with Crippen LogP contribution in [0.5, 0.6) is 0 Å². The lowest BCUT2D eigenvalue weighted by Gasteiger charge is -2.10. The van der Waals surface area contributed by atoms with Crippen molar-refractivity contribution in [2.45, 2.75) is 18.4 Å². The number of halogens is 1. The number of nitrogens with one attached hydrogen (secondary N) is 1. The Bertz CT molecular complexity index is 732. The second kappa shape index (κ2) is 5.56. The third-order valence-corrected chi connectivity index (χ3v) is 4.16. The Kier molecular flexibility index (Phi) is 4.01. The van der Waals surface area contributed by atoms with Gasteiger partial charge in [0.2, 0.25) is 0 Å². The second-order valence-electron chi connectivity index (χ2n) is 4.20. The van der Waals surface area contributed by atoms with E-state index in [1.165, 1.54) is 12.1 Å². The Hall–Kier alpha value is -1.99. The van der Waals surface area contributed by atoms with Gasteiger partial charge in [-0.05, 0) is 37.3 Å². The van der Waals surface area contributed by atoms with Crippen molar-refractivity contribution in [3.8, 4) is 0 Å². The van der Waals surface area contributed by atoms with Crippen LogP contribution in [-0.4, -0.2) is 13.4 Å². The summed E-state index contributed by atoms with van der Waals surface area (Å²) >= 11 is 0. The van der Waals surface area contributed by atoms with Gasteiger partial charge in [0.05, 0.1) is 16.3 Å². The summed E-state index contributed by atoms with van der Waals surface area (Å²) in [4.78, 5) is 3.96. The van der Waals surface area contributed by atoms with Crippen molar-refractivity contribution in [2.24, 2.45) is 5.73 Å². The molecular formula is C13H14FN3O2S. The van der Waals surface area contributed by atoms with Crippen LogP contribution < -0.4 is 10.5 Å². The van der Waals surface area contributed by atoms with Crippen molar-refractivity contribution >= 4 is 15.7 Å². The number of aromatic nitrogens is 1. The van der Waals surface area contributed by atoms with Gasteiger partial charge in [0.1, 0.15) is 5.82 Å². The second-order valence-corrected chi connectivity index (χ2v) is 5.88. The molecule has 0 amide bonds. The molecule has 0 saturated carbocycles. The lowest BCUT2D eigenvalue weighted by Crippen LogP contribution is -2.15.